The SMILES string of the molecule is Cc1c(-c2ccnn2-c2ccc(C#N)cc2)c(-c2cccc(C(F)(F)F)c2)c(C(=O)[N+](C)(C)CCCN)c(=O)n1C. The highest BCUT2D eigenvalue weighted by Crippen LogP contribution is 2.40. The maximum Gasteiger partial charge on any atom is 0.416 e. The summed E-state index contributed by atoms with van der Waals surface area (Å²) in [5.74, 6) is -0.544. The van der Waals surface area contributed by atoms with Crippen molar-refractivity contribution >= 4 is 5.91 Å². The van der Waals surface area contributed by atoms with Gasteiger partial charge in [0.25, 0.3) is 5.56 Å². The van der Waals surface area contributed by atoms with E-state index in [-0.39, 0.29) is 21.2 Å². The Morgan fingerprint density at radius 2 is 1.78 bits per heavy atom. The number of aromatic nitrogens is 3. The van der Waals surface area contributed by atoms with Crippen molar-refractivity contribution in [2.75, 3.05) is 27.2 Å². The summed E-state index contributed by atoms with van der Waals surface area (Å²) < 4.78 is 44.2. The predicted octanol–water partition coefficient (Wildman–Crippen LogP) is 4.67. The van der Waals surface area contributed by atoms with Gasteiger partial charge in [0.15, 0.2) is 5.56 Å². The van der Waals surface area contributed by atoms with Gasteiger partial charge in [-0.25, -0.2) is 9.48 Å². The third kappa shape index (κ3) is 5.57. The van der Waals surface area contributed by atoms with E-state index in [9.17, 15) is 28.0 Å². The fraction of sp³-hybridized carbons (Fsp3) is 0.267. The second-order valence-electron chi connectivity index (χ2n) is 10.3. The van der Waals surface area contributed by atoms with Crippen molar-refractivity contribution in [2.45, 2.75) is 19.5 Å². The van der Waals surface area contributed by atoms with Crippen LogP contribution in [0.25, 0.3) is 28.1 Å². The number of nitrogens with zero attached hydrogens (tertiary/aromatic N) is 5. The number of nitrogens with two attached hydrogens (primary N) is 1. The largest absolute Gasteiger partial charge is 0.416 e. The molecule has 8 nitrogen and oxygen atoms in total. The Labute approximate surface area is 235 Å². The first-order valence-corrected chi connectivity index (χ1v) is 12.9. The van der Waals surface area contributed by atoms with Crippen LogP contribution < -0.4 is 11.3 Å². The first-order chi connectivity index (χ1) is 19.3. The Kier molecular flexibility index (Phi) is 8.01. The quantitative estimate of drug-likeness (QED) is 0.329. The maximum atomic E-state index is 14.1. The monoisotopic (exact) mass is 563 g/mol. The number of hydrogen-bond donors (Lipinski definition) is 1. The molecular formula is C30H30F3N6O2+. The van der Waals surface area contributed by atoms with Gasteiger partial charge in [0.2, 0.25) is 0 Å². The van der Waals surface area contributed by atoms with Crippen molar-refractivity contribution < 1.29 is 22.4 Å². The zero-order valence-electron chi connectivity index (χ0n) is 23.2. The highest BCUT2D eigenvalue weighted by atomic mass is 19.4. The number of alkyl halides is 3. The van der Waals surface area contributed by atoms with Gasteiger partial charge in [0.05, 0.1) is 55.4 Å². The molecule has 2 heterocycles. The number of benzene rings is 2. The predicted molar refractivity (Wildman–Crippen MR) is 149 cm³/mol. The summed E-state index contributed by atoms with van der Waals surface area (Å²) in [7, 11) is 4.82. The molecule has 0 fully saturated rings. The third-order valence-electron chi connectivity index (χ3n) is 7.19. The van der Waals surface area contributed by atoms with Gasteiger partial charge >= 0.3 is 12.1 Å². The smallest absolute Gasteiger partial charge is 0.330 e. The third-order valence-corrected chi connectivity index (χ3v) is 7.19. The van der Waals surface area contributed by atoms with E-state index >= 15 is 0 Å². The van der Waals surface area contributed by atoms with Gasteiger partial charge in [-0.15, -0.1) is 0 Å². The maximum absolute atomic E-state index is 14.1. The van der Waals surface area contributed by atoms with E-state index in [2.05, 4.69) is 11.2 Å². The molecule has 2 N–H and O–H groups in total. The number of carbonyl (C=O) groups excluding carboxylic acids is 1. The number of hydrogen-bond acceptors (Lipinski definition) is 5. The Morgan fingerprint density at radius 3 is 2.39 bits per heavy atom. The molecule has 0 radical (unpaired) electrons. The van der Waals surface area contributed by atoms with Crippen LogP contribution in [-0.4, -0.2) is 51.9 Å². The van der Waals surface area contributed by atoms with Crippen molar-refractivity contribution in [1.29, 1.82) is 5.26 Å². The van der Waals surface area contributed by atoms with E-state index in [1.807, 2.05) is 0 Å². The lowest BCUT2D eigenvalue weighted by atomic mass is 9.90. The molecule has 0 spiro atoms. The zero-order chi connectivity index (χ0) is 30.1. The normalized spacial score (nSPS) is 11.9. The summed E-state index contributed by atoms with van der Waals surface area (Å²) in [6.45, 7) is 2.33. The van der Waals surface area contributed by atoms with Crippen molar-refractivity contribution in [3.05, 3.63) is 93.5 Å². The summed E-state index contributed by atoms with van der Waals surface area (Å²) in [6, 6.07) is 15.0. The molecule has 212 valence electrons. The van der Waals surface area contributed by atoms with E-state index in [1.54, 1.807) is 56.0 Å². The Balaban J connectivity index is 2.13. The zero-order valence-corrected chi connectivity index (χ0v) is 23.2. The summed E-state index contributed by atoms with van der Waals surface area (Å²) in [4.78, 5) is 27.9. The molecule has 4 rings (SSSR count). The molecule has 1 amide bonds. The van der Waals surface area contributed by atoms with Crippen LogP contribution in [-0.2, 0) is 13.2 Å². The van der Waals surface area contributed by atoms with E-state index < -0.39 is 23.2 Å². The lowest BCUT2D eigenvalue weighted by molar-refractivity contribution is -0.807. The fourth-order valence-electron chi connectivity index (χ4n) is 4.82. The summed E-state index contributed by atoms with van der Waals surface area (Å²) in [5, 5.41) is 13.6. The van der Waals surface area contributed by atoms with Gasteiger partial charge in [-0.2, -0.15) is 23.5 Å². The Bertz CT molecular complexity index is 1710. The van der Waals surface area contributed by atoms with Crippen molar-refractivity contribution in [3.8, 4) is 34.1 Å². The van der Waals surface area contributed by atoms with Crippen molar-refractivity contribution in [3.63, 3.8) is 0 Å². The van der Waals surface area contributed by atoms with Crippen molar-refractivity contribution in [2.24, 2.45) is 12.8 Å². The Hall–Kier alpha value is -4.53. The molecule has 11 heteroatoms. The van der Waals surface area contributed by atoms with E-state index in [0.29, 0.717) is 47.7 Å². The van der Waals surface area contributed by atoms with Gasteiger partial charge in [-0.05, 0) is 61.5 Å². The summed E-state index contributed by atoms with van der Waals surface area (Å²) in [6.07, 6.45) is -2.62. The molecule has 0 aliphatic carbocycles. The number of carbonyl (C=O) groups is 1. The van der Waals surface area contributed by atoms with Crippen LogP contribution in [0, 0.1) is 18.3 Å². The molecule has 4 aromatic rings. The average molecular weight is 564 g/mol. The summed E-state index contributed by atoms with van der Waals surface area (Å²) >= 11 is 0. The van der Waals surface area contributed by atoms with Gasteiger partial charge < -0.3 is 10.3 Å². The molecule has 0 saturated carbocycles. The van der Waals surface area contributed by atoms with Crippen LogP contribution in [0.3, 0.4) is 0 Å². The molecule has 0 bridgehead atoms. The molecule has 2 aromatic heterocycles. The van der Waals surface area contributed by atoms with Gasteiger partial charge in [0.1, 0.15) is 0 Å². The number of quaternary nitrogens is 1. The standard InChI is InChI=1S/C30H30F3N6O2/c1-19-25(24-13-15-36-38(24)23-11-9-20(18-35)10-12-23)26(21-7-5-8-22(17-21)30(31,32)33)27(28(40)37(19)2)29(41)39(3,4)16-6-14-34/h5,7-13,15,17H,6,14,16,34H2,1-4H3/q+1. The second kappa shape index (κ2) is 11.2. The van der Waals surface area contributed by atoms with Crippen LogP contribution in [0.1, 0.15) is 33.6 Å². The molecule has 0 atom stereocenters. The van der Waals surface area contributed by atoms with Crippen LogP contribution in [0.15, 0.2) is 65.6 Å². The molecule has 0 aliphatic rings. The molecule has 41 heavy (non-hydrogen) atoms. The van der Waals surface area contributed by atoms with Gasteiger partial charge in [-0.3, -0.25) is 9.28 Å². The van der Waals surface area contributed by atoms with Crippen LogP contribution in [0.2, 0.25) is 0 Å². The lowest BCUT2D eigenvalue weighted by Gasteiger charge is -2.29. The fourth-order valence-corrected chi connectivity index (χ4v) is 4.82. The molecule has 0 saturated heterocycles. The minimum atomic E-state index is -4.64. The van der Waals surface area contributed by atoms with Crippen LogP contribution >= 0.6 is 0 Å². The first-order valence-electron chi connectivity index (χ1n) is 12.9. The average Bonchev–Trinajstić information content (AvgIpc) is 3.43. The molecule has 0 aliphatic heterocycles. The number of halogens is 3. The first kappa shape index (κ1) is 29.5. The topological polar surface area (TPSA) is 107 Å². The van der Waals surface area contributed by atoms with E-state index in [4.69, 9.17) is 5.73 Å². The molecular weight excluding hydrogens is 533 g/mol. The number of nitriles is 1. The van der Waals surface area contributed by atoms with E-state index in [1.165, 1.54) is 29.9 Å². The lowest BCUT2D eigenvalue weighted by Crippen LogP contribution is -2.49. The van der Waals surface area contributed by atoms with Gasteiger partial charge in [-0.1, -0.05) is 12.1 Å². The van der Waals surface area contributed by atoms with Gasteiger partial charge in [0, 0.05) is 30.3 Å². The second-order valence-corrected chi connectivity index (χ2v) is 10.3. The minimum Gasteiger partial charge on any atom is -0.330 e. The number of pyridine rings is 1. The highest BCUT2D eigenvalue weighted by molar-refractivity contribution is 6.02. The highest BCUT2D eigenvalue weighted by Gasteiger charge is 2.37. The van der Waals surface area contributed by atoms with Crippen LogP contribution in [0.5, 0.6) is 0 Å². The minimum absolute atomic E-state index is 0.0744. The number of rotatable bonds is 7. The van der Waals surface area contributed by atoms with Crippen molar-refractivity contribution in [1.82, 2.24) is 14.3 Å². The number of amides is 1. The Morgan fingerprint density at radius 1 is 1.10 bits per heavy atom. The van der Waals surface area contributed by atoms with Crippen LogP contribution in [0.4, 0.5) is 13.2 Å². The molecule has 0 unspecified atom stereocenters. The van der Waals surface area contributed by atoms with E-state index in [0.717, 1.165) is 12.1 Å². The summed E-state index contributed by atoms with van der Waals surface area (Å²) in [5.41, 5.74) is 6.40. The molecule has 2 aromatic carbocycles.